The van der Waals surface area contributed by atoms with E-state index in [4.69, 9.17) is 0 Å². The number of piperidine rings is 1. The van der Waals surface area contributed by atoms with Crippen molar-refractivity contribution in [3.8, 4) is 0 Å². The van der Waals surface area contributed by atoms with E-state index in [1.54, 1.807) is 0 Å². The van der Waals surface area contributed by atoms with E-state index >= 15 is 0 Å². The molecule has 1 atom stereocenters. The summed E-state index contributed by atoms with van der Waals surface area (Å²) in [5.41, 5.74) is -0.507. The summed E-state index contributed by atoms with van der Waals surface area (Å²) in [7, 11) is 0. The number of aromatic nitrogens is 1. The monoisotopic (exact) mass is 346 g/mol. The number of carboxylic acid groups (broad SMARTS) is 1. The van der Waals surface area contributed by atoms with Gasteiger partial charge in [-0.3, -0.25) is 4.79 Å². The van der Waals surface area contributed by atoms with Gasteiger partial charge in [-0.2, -0.15) is 0 Å². The Balaban J connectivity index is 1.71. The Morgan fingerprint density at radius 3 is 2.64 bits per heavy atom. The summed E-state index contributed by atoms with van der Waals surface area (Å²) in [4.78, 5) is 24.3. The SMILES string of the molecule is O=C(O)c1cn(CC2(O)CCNCC23CCCC3)c(=O)cc1C1CC1. The molecule has 1 aromatic heterocycles. The van der Waals surface area contributed by atoms with E-state index in [1.165, 1.54) is 16.8 Å². The first-order valence-corrected chi connectivity index (χ1v) is 9.35. The van der Waals surface area contributed by atoms with Gasteiger partial charge in [-0.25, -0.2) is 4.79 Å². The third kappa shape index (κ3) is 2.81. The van der Waals surface area contributed by atoms with Gasteiger partial charge in [0.15, 0.2) is 0 Å². The third-order valence-corrected chi connectivity index (χ3v) is 6.56. The number of carboxylic acids is 1. The largest absolute Gasteiger partial charge is 0.478 e. The maximum absolute atomic E-state index is 12.6. The van der Waals surface area contributed by atoms with Crippen LogP contribution in [0.4, 0.5) is 0 Å². The van der Waals surface area contributed by atoms with E-state index in [1.807, 2.05) is 0 Å². The fraction of sp³-hybridized carbons (Fsp3) is 0.684. The molecule has 1 aliphatic heterocycles. The second kappa shape index (κ2) is 5.95. The van der Waals surface area contributed by atoms with Crippen molar-refractivity contribution in [1.82, 2.24) is 9.88 Å². The number of nitrogens with one attached hydrogen (secondary N) is 1. The highest BCUT2D eigenvalue weighted by atomic mass is 16.4. The van der Waals surface area contributed by atoms with Crippen molar-refractivity contribution in [3.63, 3.8) is 0 Å². The quantitative estimate of drug-likeness (QED) is 0.772. The highest BCUT2D eigenvalue weighted by molar-refractivity contribution is 5.89. The van der Waals surface area contributed by atoms with Gasteiger partial charge in [-0.15, -0.1) is 0 Å². The molecule has 4 rings (SSSR count). The van der Waals surface area contributed by atoms with E-state index < -0.39 is 11.6 Å². The topological polar surface area (TPSA) is 91.6 Å². The molecule has 1 aromatic rings. The molecule has 0 aromatic carbocycles. The molecule has 1 saturated heterocycles. The number of rotatable bonds is 4. The predicted molar refractivity (Wildman–Crippen MR) is 93.0 cm³/mol. The molecule has 2 aliphatic carbocycles. The molecular formula is C19H26N2O4. The van der Waals surface area contributed by atoms with Gasteiger partial charge in [0.05, 0.1) is 17.7 Å². The van der Waals surface area contributed by atoms with Crippen LogP contribution >= 0.6 is 0 Å². The third-order valence-electron chi connectivity index (χ3n) is 6.56. The fourth-order valence-electron chi connectivity index (χ4n) is 4.90. The van der Waals surface area contributed by atoms with Crippen LogP contribution in [-0.2, 0) is 6.54 Å². The minimum atomic E-state index is -0.997. The van der Waals surface area contributed by atoms with Crippen molar-refractivity contribution in [3.05, 3.63) is 33.7 Å². The van der Waals surface area contributed by atoms with Crippen molar-refractivity contribution in [2.45, 2.75) is 63.0 Å². The summed E-state index contributed by atoms with van der Waals surface area (Å²) in [6.45, 7) is 1.67. The van der Waals surface area contributed by atoms with Crippen molar-refractivity contribution in [2.75, 3.05) is 13.1 Å². The minimum Gasteiger partial charge on any atom is -0.478 e. The Morgan fingerprint density at radius 1 is 1.28 bits per heavy atom. The van der Waals surface area contributed by atoms with E-state index in [0.29, 0.717) is 12.0 Å². The molecule has 2 heterocycles. The van der Waals surface area contributed by atoms with Crippen molar-refractivity contribution >= 4 is 5.97 Å². The van der Waals surface area contributed by atoms with Gasteiger partial charge in [0.2, 0.25) is 0 Å². The molecule has 0 amide bonds. The summed E-state index contributed by atoms with van der Waals surface area (Å²) >= 11 is 0. The zero-order chi connectivity index (χ0) is 17.7. The van der Waals surface area contributed by atoms with Crippen LogP contribution in [0.25, 0.3) is 0 Å². The van der Waals surface area contributed by atoms with Crippen LogP contribution in [0.1, 0.15) is 66.8 Å². The zero-order valence-electron chi connectivity index (χ0n) is 14.5. The average molecular weight is 346 g/mol. The van der Waals surface area contributed by atoms with E-state index in [2.05, 4.69) is 5.32 Å². The molecular weight excluding hydrogens is 320 g/mol. The number of carbonyl (C=O) groups is 1. The average Bonchev–Trinajstić information content (AvgIpc) is 3.31. The number of aliphatic hydroxyl groups is 1. The van der Waals surface area contributed by atoms with Gasteiger partial charge < -0.3 is 20.1 Å². The Kier molecular flexibility index (Phi) is 4.00. The van der Waals surface area contributed by atoms with Gasteiger partial charge in [-0.1, -0.05) is 12.8 Å². The summed E-state index contributed by atoms with van der Waals surface area (Å²) in [5, 5.41) is 24.4. The van der Waals surface area contributed by atoms with Crippen LogP contribution in [0.2, 0.25) is 0 Å². The molecule has 0 bridgehead atoms. The van der Waals surface area contributed by atoms with Crippen LogP contribution in [0.3, 0.4) is 0 Å². The van der Waals surface area contributed by atoms with E-state index in [9.17, 15) is 19.8 Å². The highest BCUT2D eigenvalue weighted by Crippen LogP contribution is 2.50. The van der Waals surface area contributed by atoms with Gasteiger partial charge >= 0.3 is 5.97 Å². The molecule has 0 radical (unpaired) electrons. The van der Waals surface area contributed by atoms with E-state index in [0.717, 1.165) is 51.6 Å². The van der Waals surface area contributed by atoms with Crippen molar-refractivity contribution in [1.29, 1.82) is 0 Å². The second-order valence-electron chi connectivity index (χ2n) is 8.13. The molecule has 3 fully saturated rings. The van der Waals surface area contributed by atoms with Crippen LogP contribution in [0, 0.1) is 5.41 Å². The fourth-order valence-corrected chi connectivity index (χ4v) is 4.90. The number of aromatic carboxylic acids is 1. The van der Waals surface area contributed by atoms with Crippen molar-refractivity contribution < 1.29 is 15.0 Å². The first-order valence-electron chi connectivity index (χ1n) is 9.35. The van der Waals surface area contributed by atoms with Crippen LogP contribution in [0.5, 0.6) is 0 Å². The smallest absolute Gasteiger partial charge is 0.337 e. The Labute approximate surface area is 146 Å². The first kappa shape index (κ1) is 16.8. The molecule has 136 valence electrons. The maximum atomic E-state index is 12.6. The van der Waals surface area contributed by atoms with Gasteiger partial charge in [0.1, 0.15) is 0 Å². The number of hydrogen-bond donors (Lipinski definition) is 3. The summed E-state index contributed by atoms with van der Waals surface area (Å²) in [6, 6.07) is 1.48. The standard InChI is InChI=1S/C19H26N2O4/c22-16-9-14(13-3-4-13)15(17(23)24)10-21(16)12-19(25)7-8-20-11-18(19)5-1-2-6-18/h9-10,13,20,25H,1-8,11-12H2,(H,23,24). The molecule has 2 saturated carbocycles. The molecule has 25 heavy (non-hydrogen) atoms. The normalized spacial score (nSPS) is 28.4. The molecule has 1 unspecified atom stereocenters. The highest BCUT2D eigenvalue weighted by Gasteiger charge is 2.53. The minimum absolute atomic E-state index is 0.179. The molecule has 6 nitrogen and oxygen atoms in total. The lowest BCUT2D eigenvalue weighted by atomic mass is 9.66. The summed E-state index contributed by atoms with van der Waals surface area (Å²) < 4.78 is 1.43. The Morgan fingerprint density at radius 2 is 2.00 bits per heavy atom. The number of nitrogens with zero attached hydrogens (tertiary/aromatic N) is 1. The number of pyridine rings is 1. The van der Waals surface area contributed by atoms with Gasteiger partial charge in [0.25, 0.3) is 5.56 Å². The first-order chi connectivity index (χ1) is 11.9. The summed E-state index contributed by atoms with van der Waals surface area (Å²) in [5.74, 6) is -0.792. The lowest BCUT2D eigenvalue weighted by Gasteiger charge is -2.49. The van der Waals surface area contributed by atoms with Crippen LogP contribution < -0.4 is 10.9 Å². The van der Waals surface area contributed by atoms with Crippen LogP contribution in [-0.4, -0.2) is 39.4 Å². The molecule has 3 aliphatic rings. The van der Waals surface area contributed by atoms with Crippen LogP contribution in [0.15, 0.2) is 17.1 Å². The molecule has 1 spiro atoms. The Hall–Kier alpha value is -1.66. The van der Waals surface area contributed by atoms with Gasteiger partial charge in [0, 0.05) is 24.2 Å². The van der Waals surface area contributed by atoms with Crippen molar-refractivity contribution in [2.24, 2.45) is 5.41 Å². The van der Waals surface area contributed by atoms with E-state index in [-0.39, 0.29) is 29.0 Å². The molecule has 6 heteroatoms. The number of hydrogen-bond acceptors (Lipinski definition) is 4. The summed E-state index contributed by atoms with van der Waals surface area (Å²) in [6.07, 6.45) is 8.05. The zero-order valence-corrected chi connectivity index (χ0v) is 14.5. The predicted octanol–water partition coefficient (Wildman–Crippen LogP) is 1.71. The molecule has 3 N–H and O–H groups in total. The van der Waals surface area contributed by atoms with Gasteiger partial charge in [-0.05, 0) is 50.1 Å². The Bertz CT molecular complexity index is 746. The lowest BCUT2D eigenvalue weighted by Crippen LogP contribution is -2.60. The second-order valence-corrected chi connectivity index (χ2v) is 8.13. The lowest BCUT2D eigenvalue weighted by molar-refractivity contribution is -0.115. The maximum Gasteiger partial charge on any atom is 0.337 e.